The number of rotatable bonds is 6. The van der Waals surface area contributed by atoms with Gasteiger partial charge >= 0.3 is 0 Å². The van der Waals surface area contributed by atoms with Crippen molar-refractivity contribution in [2.24, 2.45) is 0 Å². The summed E-state index contributed by atoms with van der Waals surface area (Å²) in [7, 11) is 1.59. The van der Waals surface area contributed by atoms with E-state index in [1.807, 2.05) is 12.1 Å². The number of aliphatic hydroxyl groups is 1. The van der Waals surface area contributed by atoms with E-state index in [0.717, 1.165) is 25.8 Å². The Morgan fingerprint density at radius 2 is 2.32 bits per heavy atom. The van der Waals surface area contributed by atoms with Gasteiger partial charge in [-0.25, -0.2) is 0 Å². The lowest BCUT2D eigenvalue weighted by atomic mass is 9.87. The molecule has 0 aromatic heterocycles. The Morgan fingerprint density at radius 1 is 1.47 bits per heavy atom. The van der Waals surface area contributed by atoms with Crippen molar-refractivity contribution in [1.82, 2.24) is 5.32 Å². The molecule has 3 N–H and O–H groups in total. The van der Waals surface area contributed by atoms with Crippen LogP contribution in [0.25, 0.3) is 0 Å². The van der Waals surface area contributed by atoms with Crippen LogP contribution in [0.5, 0.6) is 5.75 Å². The molecule has 2 unspecified atom stereocenters. The topological polar surface area (TPSA) is 61.7 Å². The third-order valence-electron chi connectivity index (χ3n) is 3.67. The first-order valence-corrected chi connectivity index (χ1v) is 6.93. The monoisotopic (exact) mass is 265 g/mol. The van der Waals surface area contributed by atoms with Gasteiger partial charge in [0.1, 0.15) is 5.75 Å². The van der Waals surface area contributed by atoms with Crippen LogP contribution in [-0.2, 0) is 11.2 Å². The van der Waals surface area contributed by atoms with Crippen molar-refractivity contribution in [1.29, 1.82) is 0 Å². The molecule has 4 heteroatoms. The summed E-state index contributed by atoms with van der Waals surface area (Å²) < 4.78 is 4.91. The Balaban J connectivity index is 1.90. The van der Waals surface area contributed by atoms with Crippen LogP contribution in [0, 0.1) is 0 Å². The maximum Gasteiger partial charge on any atom is 0.115 e. The molecule has 0 radical (unpaired) electrons. The number of hydrogen-bond donors (Lipinski definition) is 3. The number of hydrogen-bond acceptors (Lipinski definition) is 4. The number of methoxy groups -OCH3 is 1. The molecule has 1 aromatic rings. The van der Waals surface area contributed by atoms with Crippen molar-refractivity contribution in [2.45, 2.75) is 37.8 Å². The molecule has 0 saturated heterocycles. The van der Waals surface area contributed by atoms with Crippen molar-refractivity contribution < 1.29 is 14.9 Å². The van der Waals surface area contributed by atoms with Gasteiger partial charge in [0.2, 0.25) is 0 Å². The van der Waals surface area contributed by atoms with Crippen LogP contribution in [0.15, 0.2) is 18.2 Å². The van der Waals surface area contributed by atoms with E-state index in [1.54, 1.807) is 13.2 Å². The van der Waals surface area contributed by atoms with Crippen LogP contribution < -0.4 is 5.32 Å². The van der Waals surface area contributed by atoms with Gasteiger partial charge in [0.15, 0.2) is 0 Å². The number of benzene rings is 1. The fraction of sp³-hybridized carbons (Fsp3) is 0.600. The minimum absolute atomic E-state index is 0.283. The molecule has 2 atom stereocenters. The number of aliphatic hydroxyl groups excluding tert-OH is 1. The van der Waals surface area contributed by atoms with Gasteiger partial charge in [0.05, 0.1) is 12.7 Å². The Hall–Kier alpha value is -1.10. The normalized spacial score (nSPS) is 20.0. The quantitative estimate of drug-likeness (QED) is 0.733. The van der Waals surface area contributed by atoms with E-state index in [-0.39, 0.29) is 6.04 Å². The third-order valence-corrected chi connectivity index (χ3v) is 3.67. The van der Waals surface area contributed by atoms with Gasteiger partial charge in [-0.1, -0.05) is 6.07 Å². The van der Waals surface area contributed by atoms with Crippen LogP contribution in [-0.4, -0.2) is 36.6 Å². The highest BCUT2D eigenvalue weighted by atomic mass is 16.5. The van der Waals surface area contributed by atoms with Crippen molar-refractivity contribution in [3.63, 3.8) is 0 Å². The van der Waals surface area contributed by atoms with Gasteiger partial charge in [-0.05, 0) is 55.5 Å². The second-order valence-electron chi connectivity index (χ2n) is 5.18. The summed E-state index contributed by atoms with van der Waals surface area (Å²) in [4.78, 5) is 0. The molecule has 0 aliphatic heterocycles. The van der Waals surface area contributed by atoms with Crippen LogP contribution in [0.3, 0.4) is 0 Å². The van der Waals surface area contributed by atoms with Gasteiger partial charge in [0, 0.05) is 13.2 Å². The summed E-state index contributed by atoms with van der Waals surface area (Å²) in [5.41, 5.74) is 2.52. The first kappa shape index (κ1) is 14.3. The summed E-state index contributed by atoms with van der Waals surface area (Å²) >= 11 is 0. The fourth-order valence-corrected chi connectivity index (χ4v) is 2.70. The molecular formula is C15H23NO3. The molecule has 106 valence electrons. The lowest BCUT2D eigenvalue weighted by Crippen LogP contribution is -2.29. The molecule has 2 rings (SSSR count). The maximum atomic E-state index is 9.61. The van der Waals surface area contributed by atoms with Crippen LogP contribution in [0.2, 0.25) is 0 Å². The number of aromatic hydroxyl groups is 1. The van der Waals surface area contributed by atoms with Crippen molar-refractivity contribution in [2.75, 3.05) is 20.3 Å². The predicted octanol–water partition coefficient (Wildman–Crippen LogP) is 1.76. The average molecular weight is 265 g/mol. The summed E-state index contributed by atoms with van der Waals surface area (Å²) in [6.07, 6.45) is 3.59. The Morgan fingerprint density at radius 3 is 3.11 bits per heavy atom. The van der Waals surface area contributed by atoms with E-state index >= 15 is 0 Å². The second-order valence-corrected chi connectivity index (χ2v) is 5.18. The fourth-order valence-electron chi connectivity index (χ4n) is 2.70. The highest BCUT2D eigenvalue weighted by Gasteiger charge is 2.20. The molecule has 0 fully saturated rings. The number of fused-ring (bicyclic) bond motifs is 1. The molecule has 1 aliphatic rings. The Bertz CT molecular complexity index is 408. The zero-order valence-corrected chi connectivity index (χ0v) is 11.4. The summed E-state index contributed by atoms with van der Waals surface area (Å²) in [6, 6.07) is 5.91. The zero-order valence-electron chi connectivity index (χ0n) is 11.4. The number of aryl methyl sites for hydroxylation is 1. The minimum Gasteiger partial charge on any atom is -0.508 e. The molecule has 0 heterocycles. The zero-order chi connectivity index (χ0) is 13.7. The highest BCUT2D eigenvalue weighted by molar-refractivity contribution is 5.38. The molecule has 19 heavy (non-hydrogen) atoms. The van der Waals surface area contributed by atoms with E-state index in [1.165, 1.54) is 11.1 Å². The molecule has 4 nitrogen and oxygen atoms in total. The number of ether oxygens (including phenoxy) is 1. The van der Waals surface area contributed by atoms with Gasteiger partial charge in [-0.3, -0.25) is 0 Å². The van der Waals surface area contributed by atoms with Crippen molar-refractivity contribution >= 4 is 0 Å². The third kappa shape index (κ3) is 3.93. The second kappa shape index (κ2) is 6.89. The number of nitrogens with one attached hydrogen (secondary N) is 1. The van der Waals surface area contributed by atoms with E-state index in [0.29, 0.717) is 18.8 Å². The number of phenols is 1. The highest BCUT2D eigenvalue weighted by Crippen LogP contribution is 2.31. The molecular weight excluding hydrogens is 242 g/mol. The Kier molecular flexibility index (Phi) is 5.19. The SMILES string of the molecule is COCC(O)CCNC1CCCc2ccc(O)cc21. The first-order chi connectivity index (χ1) is 9.20. The summed E-state index contributed by atoms with van der Waals surface area (Å²) in [5.74, 6) is 0.326. The molecule has 1 aliphatic carbocycles. The molecule has 0 bridgehead atoms. The van der Waals surface area contributed by atoms with E-state index in [4.69, 9.17) is 4.74 Å². The lowest BCUT2D eigenvalue weighted by molar-refractivity contribution is 0.0588. The molecule has 0 amide bonds. The maximum absolute atomic E-state index is 9.61. The summed E-state index contributed by atoms with van der Waals surface area (Å²) in [6.45, 7) is 1.13. The van der Waals surface area contributed by atoms with Crippen LogP contribution in [0.4, 0.5) is 0 Å². The van der Waals surface area contributed by atoms with E-state index in [2.05, 4.69) is 5.32 Å². The molecule has 1 aromatic carbocycles. The predicted molar refractivity (Wildman–Crippen MR) is 74.3 cm³/mol. The van der Waals surface area contributed by atoms with Crippen molar-refractivity contribution in [3.8, 4) is 5.75 Å². The number of phenolic OH excluding ortho intramolecular Hbond substituents is 1. The van der Waals surface area contributed by atoms with E-state index < -0.39 is 6.10 Å². The van der Waals surface area contributed by atoms with Gasteiger partial charge in [0.25, 0.3) is 0 Å². The van der Waals surface area contributed by atoms with E-state index in [9.17, 15) is 10.2 Å². The van der Waals surface area contributed by atoms with Gasteiger partial charge in [-0.2, -0.15) is 0 Å². The van der Waals surface area contributed by atoms with Crippen LogP contribution >= 0.6 is 0 Å². The standard InChI is InChI=1S/C15H23NO3/c1-19-10-13(18)7-8-16-15-4-2-3-11-5-6-12(17)9-14(11)15/h5-6,9,13,15-18H,2-4,7-8,10H2,1H3. The lowest BCUT2D eigenvalue weighted by Gasteiger charge is -2.27. The smallest absolute Gasteiger partial charge is 0.115 e. The minimum atomic E-state index is -0.412. The summed E-state index contributed by atoms with van der Waals surface area (Å²) in [5, 5.41) is 22.7. The van der Waals surface area contributed by atoms with Gasteiger partial charge < -0.3 is 20.3 Å². The first-order valence-electron chi connectivity index (χ1n) is 6.93. The molecule has 0 saturated carbocycles. The molecule has 0 spiro atoms. The van der Waals surface area contributed by atoms with Crippen LogP contribution in [0.1, 0.15) is 36.4 Å². The Labute approximate surface area is 114 Å². The largest absolute Gasteiger partial charge is 0.508 e. The van der Waals surface area contributed by atoms with Crippen molar-refractivity contribution in [3.05, 3.63) is 29.3 Å². The van der Waals surface area contributed by atoms with Gasteiger partial charge in [-0.15, -0.1) is 0 Å². The average Bonchev–Trinajstić information content (AvgIpc) is 2.39.